The largest absolute Gasteiger partial charge is 0.497 e. The van der Waals surface area contributed by atoms with E-state index in [2.05, 4.69) is 0 Å². The fraction of sp³-hybridized carbons (Fsp3) is 0.222. The highest BCUT2D eigenvalue weighted by atomic mass is 16.7. The molecule has 0 bridgehead atoms. The molecule has 35 heavy (non-hydrogen) atoms. The molecule has 2 heterocycles. The molecular weight excluding hydrogens is 446 g/mol. The maximum Gasteiger partial charge on any atom is 0.266 e. The van der Waals surface area contributed by atoms with E-state index in [0.717, 1.165) is 5.56 Å². The molecule has 1 aliphatic rings. The molecule has 1 aliphatic heterocycles. The number of aromatic nitrogens is 2. The van der Waals surface area contributed by atoms with E-state index < -0.39 is 6.04 Å². The van der Waals surface area contributed by atoms with Crippen LogP contribution in [-0.4, -0.2) is 41.3 Å². The van der Waals surface area contributed by atoms with Gasteiger partial charge in [-0.25, -0.2) is 4.98 Å². The van der Waals surface area contributed by atoms with Crippen LogP contribution in [0.1, 0.15) is 34.7 Å². The molecule has 0 saturated heterocycles. The summed E-state index contributed by atoms with van der Waals surface area (Å²) in [6.07, 6.45) is 0. The predicted octanol–water partition coefficient (Wildman–Crippen LogP) is 4.26. The van der Waals surface area contributed by atoms with Crippen LogP contribution in [-0.2, 0) is 0 Å². The topological polar surface area (TPSA) is 82.9 Å². The normalized spacial score (nSPS) is 13.0. The maximum absolute atomic E-state index is 13.7. The van der Waals surface area contributed by atoms with E-state index in [1.54, 1.807) is 72.2 Å². The van der Waals surface area contributed by atoms with Crippen molar-refractivity contribution >= 4 is 16.8 Å². The van der Waals surface area contributed by atoms with Crippen LogP contribution in [0.15, 0.2) is 65.5 Å². The van der Waals surface area contributed by atoms with Gasteiger partial charge in [-0.1, -0.05) is 12.1 Å². The van der Waals surface area contributed by atoms with Crippen molar-refractivity contribution < 1.29 is 19.0 Å². The minimum Gasteiger partial charge on any atom is -0.497 e. The van der Waals surface area contributed by atoms with Gasteiger partial charge in [0.2, 0.25) is 6.79 Å². The van der Waals surface area contributed by atoms with Crippen LogP contribution in [0.5, 0.6) is 17.2 Å². The van der Waals surface area contributed by atoms with Crippen molar-refractivity contribution in [2.45, 2.75) is 19.9 Å². The van der Waals surface area contributed by atoms with E-state index in [1.165, 1.54) is 0 Å². The summed E-state index contributed by atoms with van der Waals surface area (Å²) in [5, 5.41) is 0.515. The Balaban J connectivity index is 1.62. The summed E-state index contributed by atoms with van der Waals surface area (Å²) in [6, 6.07) is 17.3. The molecule has 1 atom stereocenters. The van der Waals surface area contributed by atoms with Gasteiger partial charge in [0.25, 0.3) is 11.5 Å². The Morgan fingerprint density at radius 2 is 1.83 bits per heavy atom. The van der Waals surface area contributed by atoms with E-state index in [1.807, 2.05) is 26.0 Å². The molecular formula is C27H25N3O5. The summed E-state index contributed by atoms with van der Waals surface area (Å²) in [6.45, 7) is 3.91. The fourth-order valence-electron chi connectivity index (χ4n) is 4.21. The van der Waals surface area contributed by atoms with Crippen molar-refractivity contribution in [3.8, 4) is 22.9 Å². The Kier molecular flexibility index (Phi) is 5.64. The summed E-state index contributed by atoms with van der Waals surface area (Å²) in [7, 11) is 3.29. The number of fused-ring (bicyclic) bond motifs is 2. The average molecular weight is 472 g/mol. The van der Waals surface area contributed by atoms with Crippen molar-refractivity contribution in [1.29, 1.82) is 0 Å². The first-order valence-electron chi connectivity index (χ1n) is 11.2. The van der Waals surface area contributed by atoms with E-state index in [9.17, 15) is 9.59 Å². The molecule has 0 radical (unpaired) electrons. The Bertz CT molecular complexity index is 1490. The Hall–Kier alpha value is -4.33. The monoisotopic (exact) mass is 471 g/mol. The molecule has 1 amide bonds. The van der Waals surface area contributed by atoms with E-state index in [4.69, 9.17) is 19.2 Å². The Morgan fingerprint density at radius 3 is 2.57 bits per heavy atom. The lowest BCUT2D eigenvalue weighted by atomic mass is 10.1. The van der Waals surface area contributed by atoms with E-state index >= 15 is 0 Å². The fourth-order valence-corrected chi connectivity index (χ4v) is 4.21. The van der Waals surface area contributed by atoms with Crippen molar-refractivity contribution in [3.63, 3.8) is 0 Å². The zero-order chi connectivity index (χ0) is 24.7. The zero-order valence-electron chi connectivity index (χ0n) is 19.9. The van der Waals surface area contributed by atoms with Gasteiger partial charge in [-0.3, -0.25) is 14.2 Å². The molecule has 0 spiro atoms. The first-order chi connectivity index (χ1) is 16.9. The molecule has 1 aromatic heterocycles. The van der Waals surface area contributed by atoms with E-state index in [-0.39, 0.29) is 18.3 Å². The average Bonchev–Trinajstić information content (AvgIpc) is 3.36. The van der Waals surface area contributed by atoms with E-state index in [0.29, 0.717) is 45.2 Å². The lowest BCUT2D eigenvalue weighted by Gasteiger charge is -2.27. The van der Waals surface area contributed by atoms with Gasteiger partial charge in [0.1, 0.15) is 11.6 Å². The van der Waals surface area contributed by atoms with Gasteiger partial charge in [0.05, 0.1) is 29.7 Å². The second-order valence-corrected chi connectivity index (χ2v) is 8.44. The molecule has 8 heteroatoms. The number of aryl methyl sites for hydroxylation is 1. The van der Waals surface area contributed by atoms with Gasteiger partial charge in [-0.15, -0.1) is 0 Å². The lowest BCUT2D eigenvalue weighted by Crippen LogP contribution is -2.35. The van der Waals surface area contributed by atoms with Gasteiger partial charge in [0, 0.05) is 12.6 Å². The molecule has 0 fully saturated rings. The molecule has 5 rings (SSSR count). The Morgan fingerprint density at radius 1 is 1.09 bits per heavy atom. The van der Waals surface area contributed by atoms with Gasteiger partial charge in [-0.2, -0.15) is 0 Å². The third-order valence-corrected chi connectivity index (χ3v) is 6.35. The van der Waals surface area contributed by atoms with Crippen LogP contribution in [0.3, 0.4) is 0 Å². The number of amides is 1. The van der Waals surface area contributed by atoms with Crippen molar-refractivity contribution in [2.24, 2.45) is 0 Å². The second-order valence-electron chi connectivity index (χ2n) is 8.44. The number of nitrogens with zero attached hydrogens (tertiary/aromatic N) is 3. The molecule has 178 valence electrons. The standard InChI is InChI=1S/C27H25N3O5/c1-16-6-5-7-21-24(16)28-25(30(27(21)32)19-9-11-20(33-4)12-10-19)17(2)29(3)26(31)18-8-13-22-23(14-18)35-15-34-22/h5-14,17H,15H2,1-4H3. The minimum atomic E-state index is -0.522. The minimum absolute atomic E-state index is 0.133. The summed E-state index contributed by atoms with van der Waals surface area (Å²) >= 11 is 0. The van der Waals surface area contributed by atoms with Crippen LogP contribution in [0, 0.1) is 6.92 Å². The van der Waals surface area contributed by atoms with Crippen LogP contribution in [0.4, 0.5) is 0 Å². The molecule has 8 nitrogen and oxygen atoms in total. The number of methoxy groups -OCH3 is 1. The first-order valence-corrected chi connectivity index (χ1v) is 11.2. The van der Waals surface area contributed by atoms with Crippen LogP contribution in [0.25, 0.3) is 16.6 Å². The van der Waals surface area contributed by atoms with Crippen LogP contribution in [0.2, 0.25) is 0 Å². The SMILES string of the molecule is COc1ccc(-n2c(C(C)N(C)C(=O)c3ccc4c(c3)OCO4)nc3c(C)cccc3c2=O)cc1. The number of hydrogen-bond donors (Lipinski definition) is 0. The molecule has 4 aromatic rings. The molecule has 0 N–H and O–H groups in total. The number of carbonyl (C=O) groups excluding carboxylic acids is 1. The number of ether oxygens (including phenoxy) is 3. The number of hydrogen-bond acceptors (Lipinski definition) is 6. The quantitative estimate of drug-likeness (QED) is 0.433. The van der Waals surface area contributed by atoms with Gasteiger partial charge >= 0.3 is 0 Å². The van der Waals surface area contributed by atoms with Crippen molar-refractivity contribution in [2.75, 3.05) is 21.0 Å². The zero-order valence-corrected chi connectivity index (χ0v) is 19.9. The third kappa shape index (κ3) is 3.86. The predicted molar refractivity (Wildman–Crippen MR) is 132 cm³/mol. The number of rotatable bonds is 5. The first kappa shape index (κ1) is 22.5. The summed E-state index contributed by atoms with van der Waals surface area (Å²) in [5.74, 6) is 2.05. The molecule has 1 unspecified atom stereocenters. The summed E-state index contributed by atoms with van der Waals surface area (Å²) in [5.41, 5.74) is 2.40. The Labute approximate surface area is 202 Å². The number of carbonyl (C=O) groups is 1. The highest BCUT2D eigenvalue weighted by Crippen LogP contribution is 2.33. The van der Waals surface area contributed by atoms with Crippen LogP contribution >= 0.6 is 0 Å². The third-order valence-electron chi connectivity index (χ3n) is 6.35. The summed E-state index contributed by atoms with van der Waals surface area (Å²) < 4.78 is 17.6. The molecule has 0 saturated carbocycles. The maximum atomic E-state index is 13.7. The number of benzene rings is 3. The lowest BCUT2D eigenvalue weighted by molar-refractivity contribution is 0.0734. The van der Waals surface area contributed by atoms with Gasteiger partial charge in [0.15, 0.2) is 11.5 Å². The van der Waals surface area contributed by atoms with Crippen molar-refractivity contribution in [1.82, 2.24) is 14.5 Å². The smallest absolute Gasteiger partial charge is 0.266 e. The van der Waals surface area contributed by atoms with Gasteiger partial charge in [-0.05, 0) is 67.9 Å². The van der Waals surface area contributed by atoms with Crippen molar-refractivity contribution in [3.05, 3.63) is 88.0 Å². The highest BCUT2D eigenvalue weighted by Gasteiger charge is 2.26. The molecule has 3 aromatic carbocycles. The summed E-state index contributed by atoms with van der Waals surface area (Å²) in [4.78, 5) is 33.6. The van der Waals surface area contributed by atoms with Crippen LogP contribution < -0.4 is 19.8 Å². The number of para-hydroxylation sites is 1. The second kappa shape index (κ2) is 8.79. The van der Waals surface area contributed by atoms with Gasteiger partial charge < -0.3 is 19.1 Å². The molecule has 0 aliphatic carbocycles. The highest BCUT2D eigenvalue weighted by molar-refractivity contribution is 5.95.